The van der Waals surface area contributed by atoms with E-state index in [-0.39, 0.29) is 5.75 Å². The second-order valence-corrected chi connectivity index (χ2v) is 3.53. The standard InChI is InChI=1S/C3H5N3O2S2/c4-3-6-5-2(9-3)1-10(7)8/h1H2,(H2,4,6)(H,7,8). The summed E-state index contributed by atoms with van der Waals surface area (Å²) in [7, 11) is 0. The molecule has 5 nitrogen and oxygen atoms in total. The van der Waals surface area contributed by atoms with Gasteiger partial charge in [0.2, 0.25) is 5.13 Å². The number of nitrogen functional groups attached to an aromatic ring is 1. The Morgan fingerprint density at radius 1 is 1.70 bits per heavy atom. The molecule has 1 atom stereocenters. The highest BCUT2D eigenvalue weighted by molar-refractivity contribution is 7.78. The molecule has 0 fully saturated rings. The lowest BCUT2D eigenvalue weighted by molar-refractivity contribution is 0.563. The van der Waals surface area contributed by atoms with Crippen LogP contribution >= 0.6 is 11.3 Å². The van der Waals surface area contributed by atoms with E-state index in [1.807, 2.05) is 0 Å². The largest absolute Gasteiger partial charge is 0.374 e. The number of aromatic nitrogens is 2. The second kappa shape index (κ2) is 3.04. The molecule has 56 valence electrons. The highest BCUT2D eigenvalue weighted by atomic mass is 32.2. The maximum absolute atomic E-state index is 10.2. The molecule has 0 aliphatic rings. The Balaban J connectivity index is 2.67. The van der Waals surface area contributed by atoms with Gasteiger partial charge in [0.25, 0.3) is 0 Å². The van der Waals surface area contributed by atoms with Gasteiger partial charge in [0.1, 0.15) is 10.8 Å². The molecular formula is C3H5N3O2S2. The van der Waals surface area contributed by atoms with Crippen molar-refractivity contribution >= 4 is 27.5 Å². The van der Waals surface area contributed by atoms with E-state index in [2.05, 4.69) is 10.2 Å². The normalized spacial score (nSPS) is 13.3. The lowest BCUT2D eigenvalue weighted by atomic mass is 10.9. The van der Waals surface area contributed by atoms with E-state index in [9.17, 15) is 4.21 Å². The summed E-state index contributed by atoms with van der Waals surface area (Å²) in [4.78, 5) is 0. The average Bonchev–Trinajstić information content (AvgIpc) is 2.13. The summed E-state index contributed by atoms with van der Waals surface area (Å²) in [6.07, 6.45) is 0. The summed E-state index contributed by atoms with van der Waals surface area (Å²) in [5, 5.41) is 7.82. The van der Waals surface area contributed by atoms with Crippen LogP contribution < -0.4 is 5.73 Å². The molecule has 10 heavy (non-hydrogen) atoms. The van der Waals surface area contributed by atoms with Crippen LogP contribution in [0.25, 0.3) is 0 Å². The Morgan fingerprint density at radius 2 is 2.40 bits per heavy atom. The molecule has 0 saturated heterocycles. The predicted molar refractivity (Wildman–Crippen MR) is 38.8 cm³/mol. The van der Waals surface area contributed by atoms with E-state index in [0.29, 0.717) is 10.1 Å². The van der Waals surface area contributed by atoms with Crippen molar-refractivity contribution in [1.82, 2.24) is 10.2 Å². The van der Waals surface area contributed by atoms with Crippen LogP contribution in [0, 0.1) is 0 Å². The van der Waals surface area contributed by atoms with Gasteiger partial charge in [0.05, 0.1) is 0 Å². The molecular weight excluding hydrogens is 174 g/mol. The summed E-state index contributed by atoms with van der Waals surface area (Å²) in [5.41, 5.74) is 5.22. The van der Waals surface area contributed by atoms with Crippen LogP contribution in [0.5, 0.6) is 0 Å². The Morgan fingerprint density at radius 3 is 2.80 bits per heavy atom. The maximum Gasteiger partial charge on any atom is 0.203 e. The first kappa shape index (κ1) is 7.58. The Bertz CT molecular complexity index is 248. The van der Waals surface area contributed by atoms with Gasteiger partial charge in [-0.2, -0.15) is 0 Å². The Hall–Kier alpha value is -0.530. The first-order valence-electron chi connectivity index (χ1n) is 2.34. The number of hydrogen-bond acceptors (Lipinski definition) is 5. The van der Waals surface area contributed by atoms with Crippen LogP contribution in [0.15, 0.2) is 0 Å². The first-order valence-corrected chi connectivity index (χ1v) is 4.43. The molecule has 0 spiro atoms. The van der Waals surface area contributed by atoms with Crippen molar-refractivity contribution in [2.75, 3.05) is 5.73 Å². The third-order valence-corrected chi connectivity index (χ3v) is 2.18. The van der Waals surface area contributed by atoms with Crippen molar-refractivity contribution in [3.63, 3.8) is 0 Å². The first-order chi connectivity index (χ1) is 4.68. The number of anilines is 1. The van der Waals surface area contributed by atoms with Gasteiger partial charge >= 0.3 is 0 Å². The van der Waals surface area contributed by atoms with Gasteiger partial charge in [-0.3, -0.25) is 0 Å². The predicted octanol–water partition coefficient (Wildman–Crippen LogP) is -0.158. The van der Waals surface area contributed by atoms with Crippen molar-refractivity contribution < 1.29 is 8.76 Å². The minimum absolute atomic E-state index is 0.00880. The lowest BCUT2D eigenvalue weighted by Crippen LogP contribution is -1.91. The molecule has 1 aromatic rings. The third-order valence-electron chi connectivity index (χ3n) is 0.729. The quantitative estimate of drug-likeness (QED) is 0.616. The van der Waals surface area contributed by atoms with E-state index in [1.165, 1.54) is 0 Å². The molecule has 3 N–H and O–H groups in total. The van der Waals surface area contributed by atoms with Crippen LogP contribution in [-0.4, -0.2) is 19.0 Å². The zero-order valence-electron chi connectivity index (χ0n) is 4.85. The fourth-order valence-corrected chi connectivity index (χ4v) is 1.64. The molecule has 1 unspecified atom stereocenters. The zero-order valence-corrected chi connectivity index (χ0v) is 6.48. The Labute approximate surface area is 63.6 Å². The molecule has 1 heterocycles. The van der Waals surface area contributed by atoms with Gasteiger partial charge in [-0.15, -0.1) is 10.2 Å². The molecule has 0 amide bonds. The molecule has 1 rings (SSSR count). The maximum atomic E-state index is 10.2. The van der Waals surface area contributed by atoms with Crippen LogP contribution in [-0.2, 0) is 16.8 Å². The topological polar surface area (TPSA) is 89.1 Å². The molecule has 0 saturated carbocycles. The van der Waals surface area contributed by atoms with Crippen LogP contribution in [0.1, 0.15) is 5.01 Å². The van der Waals surface area contributed by atoms with Crippen LogP contribution in [0.4, 0.5) is 5.13 Å². The molecule has 1 aromatic heterocycles. The van der Waals surface area contributed by atoms with Gasteiger partial charge in [-0.05, 0) is 0 Å². The summed E-state index contributed by atoms with van der Waals surface area (Å²) in [6, 6.07) is 0. The molecule has 0 radical (unpaired) electrons. The summed E-state index contributed by atoms with van der Waals surface area (Å²) < 4.78 is 18.6. The fraction of sp³-hybridized carbons (Fsp3) is 0.333. The number of nitrogens with zero attached hydrogens (tertiary/aromatic N) is 2. The van der Waals surface area contributed by atoms with Crippen LogP contribution in [0.2, 0.25) is 0 Å². The highest BCUT2D eigenvalue weighted by Gasteiger charge is 2.02. The number of nitrogens with two attached hydrogens (primary N) is 1. The van der Waals surface area contributed by atoms with E-state index in [4.69, 9.17) is 10.3 Å². The van der Waals surface area contributed by atoms with Crippen molar-refractivity contribution in [3.8, 4) is 0 Å². The molecule has 0 aliphatic carbocycles. The lowest BCUT2D eigenvalue weighted by Gasteiger charge is -1.83. The average molecular weight is 179 g/mol. The van der Waals surface area contributed by atoms with Gasteiger partial charge in [0.15, 0.2) is 11.1 Å². The van der Waals surface area contributed by atoms with E-state index < -0.39 is 11.1 Å². The van der Waals surface area contributed by atoms with Crippen molar-refractivity contribution in [3.05, 3.63) is 5.01 Å². The van der Waals surface area contributed by atoms with Crippen molar-refractivity contribution in [2.45, 2.75) is 5.75 Å². The minimum Gasteiger partial charge on any atom is -0.374 e. The third kappa shape index (κ3) is 2.01. The van der Waals surface area contributed by atoms with Gasteiger partial charge in [-0.25, -0.2) is 4.21 Å². The van der Waals surface area contributed by atoms with E-state index in [0.717, 1.165) is 11.3 Å². The van der Waals surface area contributed by atoms with E-state index in [1.54, 1.807) is 0 Å². The zero-order chi connectivity index (χ0) is 7.56. The minimum atomic E-state index is -1.85. The van der Waals surface area contributed by atoms with Gasteiger partial charge < -0.3 is 10.3 Å². The second-order valence-electron chi connectivity index (χ2n) is 1.50. The number of rotatable bonds is 2. The summed E-state index contributed by atoms with van der Waals surface area (Å²) in [5.74, 6) is 0.00880. The Kier molecular flexibility index (Phi) is 2.30. The SMILES string of the molecule is Nc1nnc(CS(=O)O)s1. The molecule has 0 bridgehead atoms. The molecule has 0 aromatic carbocycles. The molecule has 7 heteroatoms. The monoisotopic (exact) mass is 179 g/mol. The number of hydrogen-bond donors (Lipinski definition) is 2. The smallest absolute Gasteiger partial charge is 0.203 e. The van der Waals surface area contributed by atoms with Crippen molar-refractivity contribution in [1.29, 1.82) is 0 Å². The van der Waals surface area contributed by atoms with E-state index >= 15 is 0 Å². The summed E-state index contributed by atoms with van der Waals surface area (Å²) in [6.45, 7) is 0. The van der Waals surface area contributed by atoms with Gasteiger partial charge in [-0.1, -0.05) is 11.3 Å². The van der Waals surface area contributed by atoms with Crippen molar-refractivity contribution in [2.24, 2.45) is 0 Å². The fourth-order valence-electron chi connectivity index (χ4n) is 0.431. The van der Waals surface area contributed by atoms with Gasteiger partial charge in [0, 0.05) is 0 Å². The summed E-state index contributed by atoms with van der Waals surface area (Å²) >= 11 is -0.732. The van der Waals surface area contributed by atoms with Crippen LogP contribution in [0.3, 0.4) is 0 Å². The molecule has 0 aliphatic heterocycles. The highest BCUT2D eigenvalue weighted by Crippen LogP contribution is 2.11.